The molecule has 0 atom stereocenters. The fourth-order valence-corrected chi connectivity index (χ4v) is 2.43. The highest BCUT2D eigenvalue weighted by molar-refractivity contribution is 7.92. The van der Waals surface area contributed by atoms with Gasteiger partial charge in [-0.3, -0.25) is 9.71 Å². The van der Waals surface area contributed by atoms with Crippen molar-refractivity contribution in [1.29, 1.82) is 0 Å². The quantitative estimate of drug-likeness (QED) is 0.723. The van der Waals surface area contributed by atoms with Crippen molar-refractivity contribution in [2.75, 3.05) is 24.1 Å². The summed E-state index contributed by atoms with van der Waals surface area (Å²) in [5, 5.41) is 2.91. The van der Waals surface area contributed by atoms with Crippen LogP contribution in [0.3, 0.4) is 0 Å². The normalized spacial score (nSPS) is 11.4. The van der Waals surface area contributed by atoms with Crippen molar-refractivity contribution in [1.82, 2.24) is 10.3 Å². The summed E-state index contributed by atoms with van der Waals surface area (Å²) in [6.07, 6.45) is 2.22. The lowest BCUT2D eigenvalue weighted by Gasteiger charge is -2.09. The number of pyridine rings is 1. The van der Waals surface area contributed by atoms with Crippen LogP contribution in [0.5, 0.6) is 0 Å². The molecular formula is C10H17N3O2S. The van der Waals surface area contributed by atoms with E-state index in [9.17, 15) is 8.42 Å². The second kappa shape index (κ2) is 5.81. The van der Waals surface area contributed by atoms with Gasteiger partial charge >= 0.3 is 0 Å². The fourth-order valence-electron chi connectivity index (χ4n) is 1.25. The molecule has 0 spiro atoms. The van der Waals surface area contributed by atoms with Gasteiger partial charge in [-0.25, -0.2) is 8.42 Å². The van der Waals surface area contributed by atoms with Crippen molar-refractivity contribution in [3.05, 3.63) is 24.0 Å². The molecule has 0 aliphatic carbocycles. The van der Waals surface area contributed by atoms with Crippen LogP contribution in [0.1, 0.15) is 12.1 Å². The second-order valence-electron chi connectivity index (χ2n) is 3.51. The largest absolute Gasteiger partial charge is 0.320 e. The number of aromatic nitrogens is 1. The Kier molecular flexibility index (Phi) is 4.70. The van der Waals surface area contributed by atoms with Crippen LogP contribution in [0, 0.1) is 6.92 Å². The molecule has 1 rings (SSSR count). The van der Waals surface area contributed by atoms with Crippen molar-refractivity contribution in [2.24, 2.45) is 0 Å². The molecule has 5 nitrogen and oxygen atoms in total. The summed E-state index contributed by atoms with van der Waals surface area (Å²) in [7, 11) is -1.46. The molecule has 0 radical (unpaired) electrons. The maximum absolute atomic E-state index is 11.7. The molecule has 0 saturated heterocycles. The second-order valence-corrected chi connectivity index (χ2v) is 5.36. The topological polar surface area (TPSA) is 71.1 Å². The summed E-state index contributed by atoms with van der Waals surface area (Å²) >= 11 is 0. The van der Waals surface area contributed by atoms with Gasteiger partial charge in [0.1, 0.15) is 0 Å². The summed E-state index contributed by atoms with van der Waals surface area (Å²) in [5.74, 6) is 0.113. The first-order valence-corrected chi connectivity index (χ1v) is 6.77. The van der Waals surface area contributed by atoms with E-state index in [1.807, 2.05) is 0 Å². The third-order valence-corrected chi connectivity index (χ3v) is 3.47. The zero-order valence-electron chi connectivity index (χ0n) is 9.53. The SMILES string of the molecule is CNCCCS(=O)(=O)Nc1cccnc1C. The third kappa shape index (κ3) is 4.16. The highest BCUT2D eigenvalue weighted by atomic mass is 32.2. The molecule has 0 fully saturated rings. The molecule has 0 aliphatic heterocycles. The number of hydrogen-bond acceptors (Lipinski definition) is 4. The van der Waals surface area contributed by atoms with E-state index in [0.29, 0.717) is 24.3 Å². The summed E-state index contributed by atoms with van der Waals surface area (Å²) < 4.78 is 25.8. The Balaban J connectivity index is 2.63. The molecule has 0 aromatic carbocycles. The number of rotatable bonds is 6. The molecule has 16 heavy (non-hydrogen) atoms. The Morgan fingerprint density at radius 3 is 2.81 bits per heavy atom. The average Bonchev–Trinajstić information content (AvgIpc) is 2.21. The van der Waals surface area contributed by atoms with Crippen LogP contribution in [0.15, 0.2) is 18.3 Å². The first kappa shape index (κ1) is 12.9. The molecule has 0 bridgehead atoms. The summed E-state index contributed by atoms with van der Waals surface area (Å²) in [5.41, 5.74) is 1.23. The molecule has 0 amide bonds. The van der Waals surface area contributed by atoms with E-state index >= 15 is 0 Å². The van der Waals surface area contributed by atoms with Crippen molar-refractivity contribution in [3.8, 4) is 0 Å². The monoisotopic (exact) mass is 243 g/mol. The van der Waals surface area contributed by atoms with Crippen LogP contribution < -0.4 is 10.0 Å². The summed E-state index contributed by atoms with van der Waals surface area (Å²) in [6.45, 7) is 2.46. The minimum absolute atomic E-state index is 0.113. The van der Waals surface area contributed by atoms with Gasteiger partial charge in [-0.05, 0) is 39.1 Å². The van der Waals surface area contributed by atoms with E-state index in [1.165, 1.54) is 0 Å². The van der Waals surface area contributed by atoms with E-state index in [-0.39, 0.29) is 5.75 Å². The maximum Gasteiger partial charge on any atom is 0.232 e. The van der Waals surface area contributed by atoms with Crippen LogP contribution in [-0.4, -0.2) is 32.7 Å². The predicted molar refractivity (Wildman–Crippen MR) is 64.9 cm³/mol. The van der Waals surface area contributed by atoms with Gasteiger partial charge in [0.25, 0.3) is 0 Å². The van der Waals surface area contributed by atoms with Crippen molar-refractivity contribution in [3.63, 3.8) is 0 Å². The lowest BCUT2D eigenvalue weighted by atomic mass is 10.3. The Labute approximate surface area is 96.3 Å². The number of nitrogens with one attached hydrogen (secondary N) is 2. The minimum Gasteiger partial charge on any atom is -0.320 e. The Morgan fingerprint density at radius 1 is 1.44 bits per heavy atom. The van der Waals surface area contributed by atoms with Crippen LogP contribution >= 0.6 is 0 Å². The molecule has 1 heterocycles. The van der Waals surface area contributed by atoms with E-state index < -0.39 is 10.0 Å². The number of sulfonamides is 1. The van der Waals surface area contributed by atoms with Crippen LogP contribution in [0.2, 0.25) is 0 Å². The van der Waals surface area contributed by atoms with Crippen LogP contribution in [0.25, 0.3) is 0 Å². The zero-order chi connectivity index (χ0) is 12.0. The zero-order valence-corrected chi connectivity index (χ0v) is 10.3. The summed E-state index contributed by atoms with van der Waals surface area (Å²) in [4.78, 5) is 4.02. The van der Waals surface area contributed by atoms with Crippen molar-refractivity contribution >= 4 is 15.7 Å². The third-order valence-electron chi connectivity index (χ3n) is 2.11. The van der Waals surface area contributed by atoms with Crippen molar-refractivity contribution in [2.45, 2.75) is 13.3 Å². The number of hydrogen-bond donors (Lipinski definition) is 2. The van der Waals surface area contributed by atoms with Gasteiger partial charge in [-0.2, -0.15) is 0 Å². The molecule has 90 valence electrons. The maximum atomic E-state index is 11.7. The fraction of sp³-hybridized carbons (Fsp3) is 0.500. The Morgan fingerprint density at radius 2 is 2.19 bits per heavy atom. The van der Waals surface area contributed by atoms with E-state index in [2.05, 4.69) is 15.0 Å². The lowest BCUT2D eigenvalue weighted by molar-refractivity contribution is 0.597. The van der Waals surface area contributed by atoms with E-state index in [1.54, 1.807) is 32.3 Å². The molecule has 1 aromatic rings. The number of anilines is 1. The highest BCUT2D eigenvalue weighted by Gasteiger charge is 2.11. The predicted octanol–water partition coefficient (Wildman–Crippen LogP) is 0.741. The minimum atomic E-state index is -3.26. The van der Waals surface area contributed by atoms with Crippen molar-refractivity contribution < 1.29 is 8.42 Å². The number of nitrogens with zero attached hydrogens (tertiary/aromatic N) is 1. The Hall–Kier alpha value is -1.14. The molecule has 6 heteroatoms. The molecule has 0 aliphatic rings. The lowest BCUT2D eigenvalue weighted by Crippen LogP contribution is -2.20. The van der Waals surface area contributed by atoms with Gasteiger partial charge in [-0.15, -0.1) is 0 Å². The molecular weight excluding hydrogens is 226 g/mol. The van der Waals surface area contributed by atoms with Gasteiger partial charge in [0.15, 0.2) is 0 Å². The molecule has 2 N–H and O–H groups in total. The Bertz CT molecular complexity index is 431. The molecule has 0 unspecified atom stereocenters. The van der Waals surface area contributed by atoms with Crippen LogP contribution in [0.4, 0.5) is 5.69 Å². The average molecular weight is 243 g/mol. The first-order valence-electron chi connectivity index (χ1n) is 5.12. The summed E-state index contributed by atoms with van der Waals surface area (Å²) in [6, 6.07) is 3.41. The van der Waals surface area contributed by atoms with E-state index in [4.69, 9.17) is 0 Å². The van der Waals surface area contributed by atoms with E-state index in [0.717, 1.165) is 0 Å². The standard InChI is InChI=1S/C10H17N3O2S/c1-9-10(5-3-7-12-9)13-16(14,15)8-4-6-11-2/h3,5,7,11,13H,4,6,8H2,1-2H3. The van der Waals surface area contributed by atoms with Gasteiger partial charge in [0.2, 0.25) is 10.0 Å². The van der Waals surface area contributed by atoms with Gasteiger partial charge in [-0.1, -0.05) is 0 Å². The van der Waals surface area contributed by atoms with Crippen LogP contribution in [-0.2, 0) is 10.0 Å². The molecule has 0 saturated carbocycles. The number of aryl methyl sites for hydroxylation is 1. The first-order chi connectivity index (χ1) is 7.55. The van der Waals surface area contributed by atoms with Gasteiger partial charge in [0, 0.05) is 6.20 Å². The van der Waals surface area contributed by atoms with Gasteiger partial charge < -0.3 is 5.32 Å². The van der Waals surface area contributed by atoms with Gasteiger partial charge in [0.05, 0.1) is 17.1 Å². The molecule has 1 aromatic heterocycles. The smallest absolute Gasteiger partial charge is 0.232 e. The highest BCUT2D eigenvalue weighted by Crippen LogP contribution is 2.12.